The van der Waals surface area contributed by atoms with Gasteiger partial charge < -0.3 is 10.5 Å². The molecule has 102 valence electrons. The quantitative estimate of drug-likeness (QED) is 0.937. The number of methoxy groups -OCH3 is 1. The van der Waals surface area contributed by atoms with E-state index in [0.29, 0.717) is 16.6 Å². The Morgan fingerprint density at radius 3 is 2.95 bits per heavy atom. The molecular weight excluding hydrogens is 270 g/mol. The zero-order chi connectivity index (χ0) is 14.1. The zero-order valence-corrected chi connectivity index (χ0v) is 12.0. The molecule has 0 aliphatic heterocycles. The van der Waals surface area contributed by atoms with Crippen LogP contribution in [-0.2, 0) is 6.42 Å². The van der Waals surface area contributed by atoms with E-state index in [0.717, 1.165) is 23.4 Å². The highest BCUT2D eigenvalue weighted by Crippen LogP contribution is 2.44. The maximum atomic E-state index is 8.94. The first kappa shape index (κ1) is 12.9. The summed E-state index contributed by atoms with van der Waals surface area (Å²) in [5.74, 6) is 1.33. The molecule has 5 heteroatoms. The molecule has 0 amide bonds. The second-order valence-corrected chi connectivity index (χ2v) is 6.07. The van der Waals surface area contributed by atoms with Crippen molar-refractivity contribution in [2.45, 2.75) is 25.2 Å². The summed E-state index contributed by atoms with van der Waals surface area (Å²) >= 11 is 1.55. The minimum absolute atomic E-state index is 0.586. The standard InChI is InChI=1S/C15H15N3OS/c1-19-12-6-9(8-16)2-3-11(12)7-13-14(10-4-5-10)18-15(17)20-13/h2-3,6,10H,4-5,7H2,1H3,(H2,17,18). The van der Waals surface area contributed by atoms with Crippen LogP contribution in [0.5, 0.6) is 5.75 Å². The van der Waals surface area contributed by atoms with Crippen LogP contribution in [-0.4, -0.2) is 12.1 Å². The largest absolute Gasteiger partial charge is 0.496 e. The lowest BCUT2D eigenvalue weighted by atomic mass is 10.1. The number of hydrogen-bond donors (Lipinski definition) is 1. The number of rotatable bonds is 4. The topological polar surface area (TPSA) is 71.9 Å². The fourth-order valence-electron chi connectivity index (χ4n) is 2.32. The Hall–Kier alpha value is -2.06. The highest BCUT2D eigenvalue weighted by atomic mass is 32.1. The number of anilines is 1. The van der Waals surface area contributed by atoms with Gasteiger partial charge >= 0.3 is 0 Å². The van der Waals surface area contributed by atoms with Crippen LogP contribution < -0.4 is 10.5 Å². The van der Waals surface area contributed by atoms with Gasteiger partial charge in [-0.3, -0.25) is 0 Å². The number of nitriles is 1. The van der Waals surface area contributed by atoms with E-state index in [1.807, 2.05) is 12.1 Å². The van der Waals surface area contributed by atoms with E-state index < -0.39 is 0 Å². The lowest BCUT2D eigenvalue weighted by Crippen LogP contribution is -1.96. The van der Waals surface area contributed by atoms with Crippen LogP contribution in [0.3, 0.4) is 0 Å². The lowest BCUT2D eigenvalue weighted by Gasteiger charge is -2.08. The summed E-state index contributed by atoms with van der Waals surface area (Å²) in [5, 5.41) is 9.57. The van der Waals surface area contributed by atoms with Gasteiger partial charge in [-0.2, -0.15) is 5.26 Å². The van der Waals surface area contributed by atoms with Crippen LogP contribution >= 0.6 is 11.3 Å². The van der Waals surface area contributed by atoms with E-state index in [9.17, 15) is 0 Å². The minimum Gasteiger partial charge on any atom is -0.496 e. The number of nitrogens with zero attached hydrogens (tertiary/aromatic N) is 2. The predicted molar refractivity (Wildman–Crippen MR) is 79.0 cm³/mol. The van der Waals surface area contributed by atoms with Gasteiger partial charge in [-0.05, 0) is 30.5 Å². The van der Waals surface area contributed by atoms with Crippen LogP contribution in [0, 0.1) is 11.3 Å². The van der Waals surface area contributed by atoms with Crippen molar-refractivity contribution in [1.82, 2.24) is 4.98 Å². The molecule has 2 N–H and O–H groups in total. The summed E-state index contributed by atoms with van der Waals surface area (Å²) in [5.41, 5.74) is 8.67. The van der Waals surface area contributed by atoms with Crippen molar-refractivity contribution in [1.29, 1.82) is 5.26 Å². The first-order valence-corrected chi connectivity index (χ1v) is 7.35. The summed E-state index contributed by atoms with van der Waals surface area (Å²) in [7, 11) is 1.63. The molecule has 0 bridgehead atoms. The summed E-state index contributed by atoms with van der Waals surface area (Å²) in [6.45, 7) is 0. The van der Waals surface area contributed by atoms with Crippen LogP contribution in [0.4, 0.5) is 5.13 Å². The van der Waals surface area contributed by atoms with Crippen molar-refractivity contribution in [2.24, 2.45) is 0 Å². The van der Waals surface area contributed by atoms with Crippen molar-refractivity contribution in [3.8, 4) is 11.8 Å². The third kappa shape index (κ3) is 2.47. The highest BCUT2D eigenvalue weighted by Gasteiger charge is 2.29. The SMILES string of the molecule is COc1cc(C#N)ccc1Cc1sc(N)nc1C1CC1. The average molecular weight is 285 g/mol. The Bertz CT molecular complexity index is 683. The molecule has 0 spiro atoms. The van der Waals surface area contributed by atoms with E-state index >= 15 is 0 Å². The lowest BCUT2D eigenvalue weighted by molar-refractivity contribution is 0.410. The first-order chi connectivity index (χ1) is 9.71. The van der Waals surface area contributed by atoms with Crippen LogP contribution in [0.2, 0.25) is 0 Å². The molecule has 0 atom stereocenters. The monoisotopic (exact) mass is 285 g/mol. The number of ether oxygens (including phenoxy) is 1. The summed E-state index contributed by atoms with van der Waals surface area (Å²) < 4.78 is 5.38. The summed E-state index contributed by atoms with van der Waals surface area (Å²) in [6.07, 6.45) is 3.18. The number of aromatic nitrogens is 1. The van der Waals surface area contributed by atoms with Gasteiger partial charge in [0.05, 0.1) is 24.4 Å². The van der Waals surface area contributed by atoms with Crippen LogP contribution in [0.25, 0.3) is 0 Å². The second-order valence-electron chi connectivity index (χ2n) is 4.95. The molecule has 1 heterocycles. The van der Waals surface area contributed by atoms with Crippen molar-refractivity contribution in [2.75, 3.05) is 12.8 Å². The van der Waals surface area contributed by atoms with Crippen LogP contribution in [0.15, 0.2) is 18.2 Å². The first-order valence-electron chi connectivity index (χ1n) is 6.53. The number of thiazole rings is 1. The Labute approximate surface area is 121 Å². The Kier molecular flexibility index (Phi) is 3.33. The Morgan fingerprint density at radius 1 is 1.50 bits per heavy atom. The molecule has 1 fully saturated rings. The van der Waals surface area contributed by atoms with E-state index in [-0.39, 0.29) is 0 Å². The third-order valence-corrected chi connectivity index (χ3v) is 4.38. The van der Waals surface area contributed by atoms with Gasteiger partial charge in [-0.25, -0.2) is 4.98 Å². The summed E-state index contributed by atoms with van der Waals surface area (Å²) in [6, 6.07) is 7.67. The van der Waals surface area contributed by atoms with Crippen molar-refractivity contribution >= 4 is 16.5 Å². The Balaban J connectivity index is 1.93. The minimum atomic E-state index is 0.586. The predicted octanol–water partition coefficient (Wildman–Crippen LogP) is 3.07. The molecule has 0 unspecified atom stereocenters. The molecule has 1 aromatic heterocycles. The Morgan fingerprint density at radius 2 is 2.30 bits per heavy atom. The van der Waals surface area contributed by atoms with E-state index in [1.165, 1.54) is 17.7 Å². The third-order valence-electron chi connectivity index (χ3n) is 3.48. The highest BCUT2D eigenvalue weighted by molar-refractivity contribution is 7.15. The van der Waals surface area contributed by atoms with Gasteiger partial charge in [-0.15, -0.1) is 11.3 Å². The van der Waals surface area contributed by atoms with Crippen LogP contribution in [0.1, 0.15) is 40.5 Å². The molecule has 1 saturated carbocycles. The smallest absolute Gasteiger partial charge is 0.180 e. The average Bonchev–Trinajstić information content (AvgIpc) is 3.23. The van der Waals surface area contributed by atoms with E-state index in [2.05, 4.69) is 11.1 Å². The maximum absolute atomic E-state index is 8.94. The number of nitrogens with two attached hydrogens (primary N) is 1. The summed E-state index contributed by atoms with van der Waals surface area (Å²) in [4.78, 5) is 5.68. The molecule has 1 aliphatic carbocycles. The molecule has 0 saturated heterocycles. The zero-order valence-electron chi connectivity index (χ0n) is 11.2. The van der Waals surface area contributed by atoms with Gasteiger partial charge in [-0.1, -0.05) is 6.07 Å². The molecule has 0 radical (unpaired) electrons. The number of benzene rings is 1. The molecule has 1 aromatic carbocycles. The fraction of sp³-hybridized carbons (Fsp3) is 0.333. The van der Waals surface area contributed by atoms with Crippen molar-refractivity contribution < 1.29 is 4.74 Å². The molecule has 2 aromatic rings. The van der Waals surface area contributed by atoms with E-state index in [1.54, 1.807) is 24.5 Å². The molecule has 4 nitrogen and oxygen atoms in total. The van der Waals surface area contributed by atoms with Crippen molar-refractivity contribution in [3.63, 3.8) is 0 Å². The molecule has 1 aliphatic rings. The number of hydrogen-bond acceptors (Lipinski definition) is 5. The second kappa shape index (κ2) is 5.14. The van der Waals surface area contributed by atoms with Gasteiger partial charge in [0.1, 0.15) is 5.75 Å². The maximum Gasteiger partial charge on any atom is 0.180 e. The van der Waals surface area contributed by atoms with Gasteiger partial charge in [0.15, 0.2) is 5.13 Å². The normalized spacial score (nSPS) is 14.0. The van der Waals surface area contributed by atoms with Crippen molar-refractivity contribution in [3.05, 3.63) is 39.9 Å². The van der Waals surface area contributed by atoms with E-state index in [4.69, 9.17) is 15.7 Å². The molecule has 20 heavy (non-hydrogen) atoms. The molecular formula is C15H15N3OS. The van der Waals surface area contributed by atoms with Gasteiger partial charge in [0, 0.05) is 17.2 Å². The van der Waals surface area contributed by atoms with Gasteiger partial charge in [0.25, 0.3) is 0 Å². The fourth-order valence-corrected chi connectivity index (χ4v) is 3.26. The van der Waals surface area contributed by atoms with Gasteiger partial charge in [0.2, 0.25) is 0 Å². The number of nitrogen functional groups attached to an aromatic ring is 1. The molecule has 3 rings (SSSR count).